The second-order valence-electron chi connectivity index (χ2n) is 11.2. The molecule has 4 nitrogen and oxygen atoms in total. The van der Waals surface area contributed by atoms with Gasteiger partial charge in [0.15, 0.2) is 0 Å². The molecule has 0 aromatic heterocycles. The molecule has 0 spiro atoms. The molecule has 2 fully saturated rings. The molecule has 1 heterocycles. The number of ether oxygens (including phenoxy) is 2. The smallest absolute Gasteiger partial charge is 0.416 e. The minimum Gasteiger partial charge on any atom is -0.496 e. The molecule has 3 aromatic carbocycles. The zero-order valence-corrected chi connectivity index (χ0v) is 23.2. The molecular formula is C32H33F4NO3. The Morgan fingerprint density at radius 3 is 2.38 bits per heavy atom. The highest BCUT2D eigenvalue weighted by molar-refractivity contribution is 5.76. The summed E-state index contributed by atoms with van der Waals surface area (Å²) in [5.74, 6) is 0.446. The molecule has 212 valence electrons. The summed E-state index contributed by atoms with van der Waals surface area (Å²) in [7, 11) is 1.49. The summed E-state index contributed by atoms with van der Waals surface area (Å²) in [4.78, 5) is 14.7. The Morgan fingerprint density at radius 2 is 1.75 bits per heavy atom. The van der Waals surface area contributed by atoms with Gasteiger partial charge in [0, 0.05) is 11.6 Å². The molecule has 0 N–H and O–H groups in total. The number of alkyl halides is 3. The number of nitrogens with zero attached hydrogens (tertiary/aromatic N) is 1. The highest BCUT2D eigenvalue weighted by Gasteiger charge is 2.41. The van der Waals surface area contributed by atoms with Crippen molar-refractivity contribution >= 4 is 6.09 Å². The van der Waals surface area contributed by atoms with Gasteiger partial charge in [-0.3, -0.25) is 4.90 Å². The largest absolute Gasteiger partial charge is 0.496 e. The summed E-state index contributed by atoms with van der Waals surface area (Å²) < 4.78 is 66.5. The highest BCUT2D eigenvalue weighted by atomic mass is 19.4. The van der Waals surface area contributed by atoms with Gasteiger partial charge in [0.2, 0.25) is 0 Å². The van der Waals surface area contributed by atoms with E-state index in [-0.39, 0.29) is 18.3 Å². The number of halogens is 4. The third-order valence-corrected chi connectivity index (χ3v) is 7.90. The Labute approximate surface area is 231 Å². The van der Waals surface area contributed by atoms with E-state index < -0.39 is 30.0 Å². The molecule has 2 atom stereocenters. The third-order valence-electron chi connectivity index (χ3n) is 7.90. The van der Waals surface area contributed by atoms with Crippen LogP contribution in [0.15, 0.2) is 48.5 Å². The molecular weight excluding hydrogens is 522 g/mol. The van der Waals surface area contributed by atoms with Crippen molar-refractivity contribution in [1.29, 1.82) is 0 Å². The van der Waals surface area contributed by atoms with E-state index in [9.17, 15) is 22.4 Å². The minimum absolute atomic E-state index is 0.0518. The molecule has 1 aliphatic heterocycles. The molecule has 8 heteroatoms. The summed E-state index contributed by atoms with van der Waals surface area (Å²) in [6.45, 7) is 7.40. The number of benzene rings is 3. The van der Waals surface area contributed by atoms with Crippen LogP contribution in [-0.4, -0.2) is 24.1 Å². The van der Waals surface area contributed by atoms with Crippen molar-refractivity contribution < 1.29 is 31.8 Å². The zero-order chi connectivity index (χ0) is 28.9. The number of carbonyl (C=O) groups excluding carboxylic acids is 1. The van der Waals surface area contributed by atoms with E-state index in [1.54, 1.807) is 30.9 Å². The van der Waals surface area contributed by atoms with E-state index in [0.717, 1.165) is 47.2 Å². The molecule has 2 aliphatic rings. The summed E-state index contributed by atoms with van der Waals surface area (Å²) >= 11 is 0. The number of aryl methyl sites for hydroxylation is 1. The number of amides is 1. The van der Waals surface area contributed by atoms with Crippen molar-refractivity contribution in [3.05, 3.63) is 87.7 Å². The van der Waals surface area contributed by atoms with Crippen LogP contribution in [-0.2, 0) is 17.5 Å². The predicted molar refractivity (Wildman–Crippen MR) is 145 cm³/mol. The van der Waals surface area contributed by atoms with Gasteiger partial charge in [-0.2, -0.15) is 13.2 Å². The number of rotatable bonds is 7. The van der Waals surface area contributed by atoms with Crippen LogP contribution in [0.4, 0.5) is 22.4 Å². The van der Waals surface area contributed by atoms with Gasteiger partial charge in [-0.05, 0) is 84.5 Å². The summed E-state index contributed by atoms with van der Waals surface area (Å²) in [5.41, 5.74) is 4.06. The third kappa shape index (κ3) is 5.40. The Hall–Kier alpha value is -3.55. The maximum absolute atomic E-state index is 14.8. The molecule has 1 saturated heterocycles. The van der Waals surface area contributed by atoms with Gasteiger partial charge in [0.05, 0.1) is 25.3 Å². The van der Waals surface area contributed by atoms with Gasteiger partial charge in [-0.1, -0.05) is 43.7 Å². The number of cyclic esters (lactones) is 1. The summed E-state index contributed by atoms with van der Waals surface area (Å²) in [6.07, 6.45) is -3.77. The van der Waals surface area contributed by atoms with Gasteiger partial charge in [-0.25, -0.2) is 9.18 Å². The number of methoxy groups -OCH3 is 1. The standard InChI is InChI=1S/C32H33F4NO3/c1-17(2)26-14-27(29(39-5)15-28(26)33)25-9-8-21(20-6-7-20)12-23(25)16-37-19(4)30(40-31(37)38)22-10-18(3)11-24(13-22)32(34,35)36/h8-15,17,19-20,30H,6-7,16H2,1-5H3. The van der Waals surface area contributed by atoms with Crippen LogP contribution in [0.2, 0.25) is 0 Å². The first-order chi connectivity index (χ1) is 18.9. The van der Waals surface area contributed by atoms with Gasteiger partial charge < -0.3 is 9.47 Å². The van der Waals surface area contributed by atoms with Crippen LogP contribution in [0.1, 0.15) is 84.9 Å². The van der Waals surface area contributed by atoms with E-state index in [2.05, 4.69) is 12.1 Å². The first-order valence-electron chi connectivity index (χ1n) is 13.5. The Kier molecular flexibility index (Phi) is 7.31. The monoisotopic (exact) mass is 555 g/mol. The second-order valence-corrected chi connectivity index (χ2v) is 11.2. The van der Waals surface area contributed by atoms with Crippen LogP contribution in [0.25, 0.3) is 11.1 Å². The number of hydrogen-bond acceptors (Lipinski definition) is 3. The Morgan fingerprint density at radius 1 is 1.02 bits per heavy atom. The van der Waals surface area contributed by atoms with Crippen molar-refractivity contribution in [2.24, 2.45) is 0 Å². The zero-order valence-electron chi connectivity index (χ0n) is 23.2. The fourth-order valence-corrected chi connectivity index (χ4v) is 5.56. The topological polar surface area (TPSA) is 38.8 Å². The molecule has 1 amide bonds. The fraction of sp³-hybridized carbons (Fsp3) is 0.406. The highest BCUT2D eigenvalue weighted by Crippen LogP contribution is 2.44. The molecule has 3 aromatic rings. The van der Waals surface area contributed by atoms with Gasteiger partial charge in [-0.15, -0.1) is 0 Å². The van der Waals surface area contributed by atoms with Gasteiger partial charge >= 0.3 is 12.3 Å². The van der Waals surface area contributed by atoms with Gasteiger partial charge in [0.25, 0.3) is 0 Å². The van der Waals surface area contributed by atoms with Crippen LogP contribution >= 0.6 is 0 Å². The quantitative estimate of drug-likeness (QED) is 0.273. The second kappa shape index (κ2) is 10.5. The van der Waals surface area contributed by atoms with E-state index in [0.29, 0.717) is 28.4 Å². The first kappa shape index (κ1) is 28.0. The normalized spacial score (nSPS) is 19.4. The molecule has 0 radical (unpaired) electrons. The number of hydrogen-bond donors (Lipinski definition) is 0. The predicted octanol–water partition coefficient (Wildman–Crippen LogP) is 8.91. The minimum atomic E-state index is -4.51. The van der Waals surface area contributed by atoms with Crippen LogP contribution in [0.5, 0.6) is 5.75 Å². The molecule has 1 saturated carbocycles. The van der Waals surface area contributed by atoms with Crippen molar-refractivity contribution in [3.8, 4) is 16.9 Å². The average Bonchev–Trinajstić information content (AvgIpc) is 3.70. The van der Waals surface area contributed by atoms with Crippen molar-refractivity contribution in [1.82, 2.24) is 4.90 Å². The van der Waals surface area contributed by atoms with Gasteiger partial charge in [0.1, 0.15) is 17.7 Å². The molecule has 40 heavy (non-hydrogen) atoms. The lowest BCUT2D eigenvalue weighted by Gasteiger charge is -2.24. The van der Waals surface area contributed by atoms with Crippen molar-refractivity contribution in [3.63, 3.8) is 0 Å². The summed E-state index contributed by atoms with van der Waals surface area (Å²) in [6, 6.07) is 12.6. The fourth-order valence-electron chi connectivity index (χ4n) is 5.56. The number of carbonyl (C=O) groups is 1. The Bertz CT molecular complexity index is 1440. The van der Waals surface area contributed by atoms with Crippen LogP contribution < -0.4 is 4.74 Å². The summed E-state index contributed by atoms with van der Waals surface area (Å²) in [5, 5.41) is 0. The molecule has 5 rings (SSSR count). The maximum atomic E-state index is 14.8. The lowest BCUT2D eigenvalue weighted by molar-refractivity contribution is -0.137. The van der Waals surface area contributed by atoms with Crippen molar-refractivity contribution in [2.45, 2.75) is 77.2 Å². The lowest BCUT2D eigenvalue weighted by atomic mass is 9.91. The van der Waals surface area contributed by atoms with Crippen molar-refractivity contribution in [2.75, 3.05) is 7.11 Å². The average molecular weight is 556 g/mol. The molecule has 0 bridgehead atoms. The lowest BCUT2D eigenvalue weighted by Crippen LogP contribution is -2.31. The SMILES string of the molecule is COc1cc(F)c(C(C)C)cc1-c1ccc(C2CC2)cc1CN1C(=O)OC(c2cc(C)cc(C(F)(F)F)c2)C1C. The van der Waals surface area contributed by atoms with E-state index >= 15 is 0 Å². The van der Waals surface area contributed by atoms with E-state index in [1.165, 1.54) is 13.2 Å². The van der Waals surface area contributed by atoms with E-state index in [4.69, 9.17) is 9.47 Å². The van der Waals surface area contributed by atoms with Crippen LogP contribution in [0, 0.1) is 12.7 Å². The van der Waals surface area contributed by atoms with Crippen LogP contribution in [0.3, 0.4) is 0 Å². The van der Waals surface area contributed by atoms with E-state index in [1.807, 2.05) is 19.9 Å². The Balaban J connectivity index is 1.54. The molecule has 1 aliphatic carbocycles. The molecule has 2 unspecified atom stereocenters. The first-order valence-corrected chi connectivity index (χ1v) is 13.5. The maximum Gasteiger partial charge on any atom is 0.416 e.